The van der Waals surface area contributed by atoms with E-state index in [1.165, 1.54) is 5.56 Å². The first kappa shape index (κ1) is 13.8. The Balaban J connectivity index is 2.78. The van der Waals surface area contributed by atoms with Gasteiger partial charge in [-0.25, -0.2) is 0 Å². The van der Waals surface area contributed by atoms with Crippen molar-refractivity contribution < 1.29 is 9.53 Å². The third-order valence-electron chi connectivity index (χ3n) is 2.43. The molecule has 2 nitrogen and oxygen atoms in total. The molecule has 0 bridgehead atoms. The molecule has 0 aliphatic heterocycles. The van der Waals surface area contributed by atoms with Crippen LogP contribution in [0.2, 0.25) is 0 Å². The average molecular weight is 234 g/mol. The van der Waals surface area contributed by atoms with Gasteiger partial charge in [-0.3, -0.25) is 4.79 Å². The average Bonchev–Trinajstić information content (AvgIpc) is 2.14. The van der Waals surface area contributed by atoms with E-state index in [0.29, 0.717) is 12.3 Å². The van der Waals surface area contributed by atoms with Crippen LogP contribution >= 0.6 is 0 Å². The molecule has 0 aromatic heterocycles. The molecule has 0 radical (unpaired) electrons. The Morgan fingerprint density at radius 2 is 1.82 bits per heavy atom. The van der Waals surface area contributed by atoms with Crippen molar-refractivity contribution in [1.29, 1.82) is 0 Å². The van der Waals surface area contributed by atoms with Gasteiger partial charge < -0.3 is 4.74 Å². The lowest BCUT2D eigenvalue weighted by Gasteiger charge is -2.20. The Hall–Kier alpha value is -1.31. The zero-order chi connectivity index (χ0) is 13.1. The van der Waals surface area contributed by atoms with Crippen LogP contribution in [-0.4, -0.2) is 11.6 Å². The van der Waals surface area contributed by atoms with Crippen molar-refractivity contribution in [3.63, 3.8) is 0 Å². The van der Waals surface area contributed by atoms with E-state index in [-0.39, 0.29) is 5.97 Å². The lowest BCUT2D eigenvalue weighted by molar-refractivity contribution is -0.153. The largest absolute Gasteiger partial charge is 0.460 e. The van der Waals surface area contributed by atoms with E-state index in [9.17, 15) is 4.79 Å². The van der Waals surface area contributed by atoms with Gasteiger partial charge in [0.2, 0.25) is 0 Å². The molecule has 0 amide bonds. The molecular weight excluding hydrogens is 212 g/mol. The molecule has 0 saturated carbocycles. The highest BCUT2D eigenvalue weighted by atomic mass is 16.6. The predicted octanol–water partition coefficient (Wildman–Crippen LogP) is 3.69. The fourth-order valence-corrected chi connectivity index (χ4v) is 1.79. The lowest BCUT2D eigenvalue weighted by Crippen LogP contribution is -2.25. The maximum absolute atomic E-state index is 11.8. The normalized spacial score (nSPS) is 11.6. The summed E-state index contributed by atoms with van der Waals surface area (Å²) in [7, 11) is 0. The van der Waals surface area contributed by atoms with E-state index in [2.05, 4.69) is 19.9 Å². The molecule has 0 aliphatic carbocycles. The number of hydrogen-bond donors (Lipinski definition) is 0. The fraction of sp³-hybridized carbons (Fsp3) is 0.533. The minimum atomic E-state index is -0.413. The summed E-state index contributed by atoms with van der Waals surface area (Å²) in [6.45, 7) is 9.93. The van der Waals surface area contributed by atoms with Crippen molar-refractivity contribution in [2.45, 2.75) is 52.6 Å². The monoisotopic (exact) mass is 234 g/mol. The summed E-state index contributed by atoms with van der Waals surface area (Å²) in [5.41, 5.74) is 1.87. The summed E-state index contributed by atoms with van der Waals surface area (Å²) in [6, 6.07) is 8.04. The summed E-state index contributed by atoms with van der Waals surface area (Å²) >= 11 is 0. The van der Waals surface area contributed by atoms with Crippen LogP contribution < -0.4 is 0 Å². The molecule has 0 saturated heterocycles. The van der Waals surface area contributed by atoms with Crippen LogP contribution in [0.4, 0.5) is 0 Å². The van der Waals surface area contributed by atoms with Crippen LogP contribution in [0.25, 0.3) is 0 Å². The number of esters is 1. The molecule has 17 heavy (non-hydrogen) atoms. The second-order valence-corrected chi connectivity index (χ2v) is 5.62. The second kappa shape index (κ2) is 5.35. The van der Waals surface area contributed by atoms with Gasteiger partial charge in [0.05, 0.1) is 6.42 Å². The van der Waals surface area contributed by atoms with E-state index in [1.54, 1.807) is 0 Å². The Morgan fingerprint density at radius 1 is 1.24 bits per heavy atom. The quantitative estimate of drug-likeness (QED) is 0.745. The maximum Gasteiger partial charge on any atom is 0.310 e. The summed E-state index contributed by atoms with van der Waals surface area (Å²) in [4.78, 5) is 11.8. The number of ether oxygens (including phenoxy) is 1. The van der Waals surface area contributed by atoms with Crippen molar-refractivity contribution >= 4 is 5.97 Å². The summed E-state index contributed by atoms with van der Waals surface area (Å²) in [6.07, 6.45) is 0.353. The number of rotatable bonds is 3. The summed E-state index contributed by atoms with van der Waals surface area (Å²) in [5, 5.41) is 0. The van der Waals surface area contributed by atoms with Crippen LogP contribution in [0, 0.1) is 0 Å². The molecule has 1 aromatic rings. The lowest BCUT2D eigenvalue weighted by atomic mass is 9.95. The first-order valence-electron chi connectivity index (χ1n) is 6.09. The third kappa shape index (κ3) is 4.59. The molecule has 0 spiro atoms. The van der Waals surface area contributed by atoms with Crippen LogP contribution in [0.3, 0.4) is 0 Å². The summed E-state index contributed by atoms with van der Waals surface area (Å²) < 4.78 is 5.34. The zero-order valence-electron chi connectivity index (χ0n) is 11.4. The Kier molecular flexibility index (Phi) is 4.33. The van der Waals surface area contributed by atoms with Gasteiger partial charge in [0, 0.05) is 0 Å². The molecule has 0 atom stereocenters. The molecule has 0 heterocycles. The number of carbonyl (C=O) groups is 1. The zero-order valence-corrected chi connectivity index (χ0v) is 11.4. The van der Waals surface area contributed by atoms with E-state index in [4.69, 9.17) is 4.74 Å². The fourth-order valence-electron chi connectivity index (χ4n) is 1.79. The minimum Gasteiger partial charge on any atom is -0.460 e. The van der Waals surface area contributed by atoms with Crippen LogP contribution in [-0.2, 0) is 16.0 Å². The number of carbonyl (C=O) groups excluding carboxylic acids is 1. The van der Waals surface area contributed by atoms with Gasteiger partial charge in [0.15, 0.2) is 0 Å². The molecule has 0 N–H and O–H groups in total. The topological polar surface area (TPSA) is 26.3 Å². The molecule has 2 heteroatoms. The van der Waals surface area contributed by atoms with Gasteiger partial charge in [0.1, 0.15) is 5.60 Å². The van der Waals surface area contributed by atoms with E-state index < -0.39 is 5.60 Å². The van der Waals surface area contributed by atoms with Gasteiger partial charge >= 0.3 is 5.97 Å². The second-order valence-electron chi connectivity index (χ2n) is 5.62. The van der Waals surface area contributed by atoms with Crippen molar-refractivity contribution in [3.8, 4) is 0 Å². The van der Waals surface area contributed by atoms with Crippen molar-refractivity contribution in [2.75, 3.05) is 0 Å². The van der Waals surface area contributed by atoms with E-state index in [0.717, 1.165) is 5.56 Å². The molecule has 1 aromatic carbocycles. The Bertz CT molecular complexity index is 386. The molecule has 0 aliphatic rings. The Morgan fingerprint density at radius 3 is 2.35 bits per heavy atom. The molecule has 0 unspecified atom stereocenters. The number of benzene rings is 1. The van der Waals surface area contributed by atoms with Gasteiger partial charge in [-0.15, -0.1) is 0 Å². The van der Waals surface area contributed by atoms with Crippen molar-refractivity contribution in [1.82, 2.24) is 0 Å². The Labute approximate surface area is 104 Å². The van der Waals surface area contributed by atoms with Crippen LogP contribution in [0.1, 0.15) is 51.7 Å². The smallest absolute Gasteiger partial charge is 0.310 e. The van der Waals surface area contributed by atoms with Gasteiger partial charge in [-0.1, -0.05) is 38.1 Å². The SMILES string of the molecule is CC(C)c1ccccc1CC(=O)OC(C)(C)C. The van der Waals surface area contributed by atoms with Crippen LogP contribution in [0.15, 0.2) is 24.3 Å². The summed E-state index contributed by atoms with van der Waals surface area (Å²) in [5.74, 6) is 0.263. The standard InChI is InChI=1S/C15H22O2/c1-11(2)13-9-7-6-8-12(13)10-14(16)17-15(3,4)5/h6-9,11H,10H2,1-5H3. The highest BCUT2D eigenvalue weighted by molar-refractivity contribution is 5.73. The van der Waals surface area contributed by atoms with Gasteiger partial charge in [-0.05, 0) is 37.8 Å². The first-order valence-corrected chi connectivity index (χ1v) is 6.09. The van der Waals surface area contributed by atoms with Crippen LogP contribution in [0.5, 0.6) is 0 Å². The maximum atomic E-state index is 11.8. The van der Waals surface area contributed by atoms with Gasteiger partial charge in [-0.2, -0.15) is 0 Å². The third-order valence-corrected chi connectivity index (χ3v) is 2.43. The van der Waals surface area contributed by atoms with E-state index >= 15 is 0 Å². The van der Waals surface area contributed by atoms with Gasteiger partial charge in [0.25, 0.3) is 0 Å². The molecule has 94 valence electrons. The molecular formula is C15H22O2. The van der Waals surface area contributed by atoms with Crippen molar-refractivity contribution in [3.05, 3.63) is 35.4 Å². The highest BCUT2D eigenvalue weighted by Gasteiger charge is 2.17. The van der Waals surface area contributed by atoms with E-state index in [1.807, 2.05) is 39.0 Å². The first-order chi connectivity index (χ1) is 7.79. The predicted molar refractivity (Wildman–Crippen MR) is 70.1 cm³/mol. The van der Waals surface area contributed by atoms with Crippen molar-refractivity contribution in [2.24, 2.45) is 0 Å². The molecule has 1 rings (SSSR count). The number of hydrogen-bond acceptors (Lipinski definition) is 2. The minimum absolute atomic E-state index is 0.161. The molecule has 0 fully saturated rings. The highest BCUT2D eigenvalue weighted by Crippen LogP contribution is 2.20.